The summed E-state index contributed by atoms with van der Waals surface area (Å²) in [5, 5.41) is 4.33. The molecule has 1 fully saturated rings. The van der Waals surface area contributed by atoms with E-state index in [1.807, 2.05) is 31.6 Å². The van der Waals surface area contributed by atoms with Crippen molar-refractivity contribution >= 4 is 19.8 Å². The predicted octanol–water partition coefficient (Wildman–Crippen LogP) is 1.71. The average molecular weight is 397 g/mol. The van der Waals surface area contributed by atoms with E-state index >= 15 is 0 Å². The number of sulfonamides is 1. The molecule has 1 aliphatic heterocycles. The lowest BCUT2D eigenvalue weighted by molar-refractivity contribution is 0.282. The van der Waals surface area contributed by atoms with Crippen LogP contribution in [0.25, 0.3) is 0 Å². The van der Waals surface area contributed by atoms with Crippen molar-refractivity contribution in [1.29, 1.82) is 0 Å². The van der Waals surface area contributed by atoms with Gasteiger partial charge in [0.2, 0.25) is 0 Å². The van der Waals surface area contributed by atoms with Crippen molar-refractivity contribution in [2.75, 3.05) is 24.6 Å². The van der Waals surface area contributed by atoms with Gasteiger partial charge < -0.3 is 0 Å². The molecule has 0 spiro atoms. The van der Waals surface area contributed by atoms with E-state index in [0.717, 1.165) is 17.0 Å². The van der Waals surface area contributed by atoms with Crippen LogP contribution in [0.2, 0.25) is 0 Å². The van der Waals surface area contributed by atoms with Gasteiger partial charge in [-0.3, -0.25) is 9.58 Å². The van der Waals surface area contributed by atoms with Crippen LogP contribution in [0.1, 0.15) is 17.0 Å². The summed E-state index contributed by atoms with van der Waals surface area (Å²) >= 11 is 0. The van der Waals surface area contributed by atoms with Gasteiger partial charge in [-0.1, -0.05) is 17.7 Å². The Morgan fingerprint density at radius 3 is 2.31 bits per heavy atom. The highest BCUT2D eigenvalue weighted by molar-refractivity contribution is 8.03. The molecule has 9 heteroatoms. The zero-order valence-electron chi connectivity index (χ0n) is 15.3. The molecule has 0 N–H and O–H groups in total. The Bertz CT molecular complexity index is 1000. The molecule has 0 radical (unpaired) electrons. The molecule has 0 atom stereocenters. The summed E-state index contributed by atoms with van der Waals surface area (Å²) in [6.07, 6.45) is 0. The molecule has 142 valence electrons. The van der Waals surface area contributed by atoms with E-state index in [1.54, 1.807) is 12.1 Å². The van der Waals surface area contributed by atoms with E-state index in [1.165, 1.54) is 12.1 Å². The molecule has 1 saturated heterocycles. The second kappa shape index (κ2) is 7.13. The summed E-state index contributed by atoms with van der Waals surface area (Å²) in [7, 11) is -4.76. The van der Waals surface area contributed by atoms with Crippen LogP contribution in [0.5, 0.6) is 0 Å². The lowest BCUT2D eigenvalue weighted by Gasteiger charge is -2.28. The van der Waals surface area contributed by atoms with Gasteiger partial charge in [-0.2, -0.15) is 13.5 Å². The molecule has 0 aliphatic carbocycles. The number of benzene rings is 1. The number of aryl methyl sites for hydroxylation is 3. The summed E-state index contributed by atoms with van der Waals surface area (Å²) in [6.45, 7) is 5.64. The third-order valence-electron chi connectivity index (χ3n) is 4.49. The summed E-state index contributed by atoms with van der Waals surface area (Å²) in [4.78, 5) is 2.26. The average Bonchev–Trinajstić information content (AvgIpc) is 2.87. The van der Waals surface area contributed by atoms with E-state index < -0.39 is 19.8 Å². The smallest absolute Gasteiger partial charge is 0.290 e. The Morgan fingerprint density at radius 2 is 1.77 bits per heavy atom. The van der Waals surface area contributed by atoms with Crippen LogP contribution in [-0.4, -0.2) is 51.9 Å². The molecule has 0 unspecified atom stereocenters. The number of aromatic nitrogens is 2. The Kier molecular flexibility index (Phi) is 5.23. The summed E-state index contributed by atoms with van der Waals surface area (Å²) in [6, 6.07) is 8.48. The first kappa shape index (κ1) is 19.1. The number of hydrogen-bond acceptors (Lipinski definition) is 5. The van der Waals surface area contributed by atoms with Gasteiger partial charge in [-0.05, 0) is 32.0 Å². The Balaban J connectivity index is 1.72. The number of nitrogens with zero attached hydrogens (tertiary/aromatic N) is 4. The molecular formula is C17H24N4O3S2. The highest BCUT2D eigenvalue weighted by atomic mass is 32.3. The van der Waals surface area contributed by atoms with Gasteiger partial charge in [0.25, 0.3) is 10.0 Å². The van der Waals surface area contributed by atoms with Crippen molar-refractivity contribution in [3.8, 4) is 0 Å². The fourth-order valence-electron chi connectivity index (χ4n) is 2.96. The zero-order valence-corrected chi connectivity index (χ0v) is 16.9. The topological polar surface area (TPSA) is 84.6 Å². The molecule has 26 heavy (non-hydrogen) atoms. The van der Waals surface area contributed by atoms with E-state index in [4.69, 9.17) is 0 Å². The third kappa shape index (κ3) is 4.33. The van der Waals surface area contributed by atoms with E-state index in [-0.39, 0.29) is 16.4 Å². The van der Waals surface area contributed by atoms with Gasteiger partial charge in [0.15, 0.2) is 0 Å². The van der Waals surface area contributed by atoms with E-state index in [0.29, 0.717) is 19.6 Å². The van der Waals surface area contributed by atoms with E-state index in [9.17, 15) is 12.6 Å². The minimum Gasteiger partial charge on any atom is -0.296 e. The number of hydrogen-bond donors (Lipinski definition) is 0. The lowest BCUT2D eigenvalue weighted by Crippen LogP contribution is -2.40. The summed E-state index contributed by atoms with van der Waals surface area (Å²) in [5.41, 5.74) is 3.01. The van der Waals surface area contributed by atoms with Crippen molar-refractivity contribution in [3.05, 3.63) is 47.3 Å². The molecule has 0 bridgehead atoms. The van der Waals surface area contributed by atoms with E-state index in [2.05, 4.69) is 13.8 Å². The van der Waals surface area contributed by atoms with Gasteiger partial charge in [0.05, 0.1) is 26.0 Å². The molecule has 1 aromatic heterocycles. The second-order valence-corrected chi connectivity index (χ2v) is 11.1. The first-order chi connectivity index (χ1) is 12.2. The van der Waals surface area contributed by atoms with Gasteiger partial charge in [0, 0.05) is 38.2 Å². The van der Waals surface area contributed by atoms with Crippen LogP contribution in [0.15, 0.2) is 39.0 Å². The maximum absolute atomic E-state index is 12.9. The summed E-state index contributed by atoms with van der Waals surface area (Å²) < 4.78 is 43.5. The van der Waals surface area contributed by atoms with Crippen LogP contribution < -0.4 is 0 Å². The van der Waals surface area contributed by atoms with Crippen LogP contribution in [0.4, 0.5) is 0 Å². The first-order valence-electron chi connectivity index (χ1n) is 8.44. The Hall–Kier alpha value is -1.71. The molecule has 2 heterocycles. The Labute approximate surface area is 155 Å². The van der Waals surface area contributed by atoms with Crippen LogP contribution >= 0.6 is 0 Å². The van der Waals surface area contributed by atoms with Crippen molar-refractivity contribution < 1.29 is 12.6 Å². The van der Waals surface area contributed by atoms with Gasteiger partial charge in [-0.15, -0.1) is 3.77 Å². The highest BCUT2D eigenvalue weighted by Crippen LogP contribution is 2.18. The van der Waals surface area contributed by atoms with Crippen molar-refractivity contribution in [2.24, 2.45) is 10.8 Å². The Morgan fingerprint density at radius 1 is 1.15 bits per heavy atom. The third-order valence-corrected chi connectivity index (χ3v) is 8.87. The quantitative estimate of drug-likeness (QED) is 0.785. The number of rotatable bonds is 4. The highest BCUT2D eigenvalue weighted by Gasteiger charge is 2.25. The monoisotopic (exact) mass is 396 g/mol. The molecule has 1 aliphatic rings. The van der Waals surface area contributed by atoms with Crippen LogP contribution in [-0.2, 0) is 33.3 Å². The van der Waals surface area contributed by atoms with Crippen LogP contribution in [0, 0.1) is 13.8 Å². The van der Waals surface area contributed by atoms with Gasteiger partial charge >= 0.3 is 0 Å². The lowest BCUT2D eigenvalue weighted by atomic mass is 10.2. The van der Waals surface area contributed by atoms with Gasteiger partial charge in [0.1, 0.15) is 0 Å². The predicted molar refractivity (Wildman–Crippen MR) is 102 cm³/mol. The fourth-order valence-corrected chi connectivity index (χ4v) is 7.11. The minimum absolute atomic E-state index is 0.0959. The maximum atomic E-state index is 12.9. The van der Waals surface area contributed by atoms with Crippen LogP contribution in [0.3, 0.4) is 0 Å². The molecule has 0 saturated carbocycles. The van der Waals surface area contributed by atoms with Crippen molar-refractivity contribution in [2.45, 2.75) is 25.3 Å². The fraction of sp³-hybridized carbons (Fsp3) is 0.471. The molecule has 0 amide bonds. The molecule has 2 aromatic rings. The largest absolute Gasteiger partial charge is 0.296 e. The normalized spacial score (nSPS) is 18.0. The maximum Gasteiger partial charge on any atom is 0.290 e. The van der Waals surface area contributed by atoms with Crippen molar-refractivity contribution in [3.63, 3.8) is 0 Å². The standard InChI is InChI=1S/C17H24N4O3S2/c1-14-4-6-17(7-5-14)26(23,24)19-25(22)10-8-21(9-11-25)13-16-12-15(2)18-20(16)3/h4-7,12H,8-11,13H2,1-3H3. The molecule has 3 rings (SSSR count). The molecular weight excluding hydrogens is 372 g/mol. The SMILES string of the molecule is Cc1ccc(S(=O)(=O)N=S2(=O)CCN(Cc3cc(C)nn3C)CC2)cc1. The van der Waals surface area contributed by atoms with Crippen molar-refractivity contribution in [1.82, 2.24) is 14.7 Å². The second-order valence-electron chi connectivity index (χ2n) is 6.72. The first-order valence-corrected chi connectivity index (χ1v) is 11.7. The molecule has 1 aromatic carbocycles. The minimum atomic E-state index is -3.90. The van der Waals surface area contributed by atoms with Gasteiger partial charge in [-0.25, -0.2) is 4.21 Å². The molecule has 7 nitrogen and oxygen atoms in total. The zero-order chi connectivity index (χ0) is 18.9. The summed E-state index contributed by atoms with van der Waals surface area (Å²) in [5.74, 6) is 0.518.